The molecule has 4 heterocycles. The molecule has 0 saturated carbocycles. The number of carbonyl (C=O) groups excluding carboxylic acids is 2. The summed E-state index contributed by atoms with van der Waals surface area (Å²) in [7, 11) is 0. The van der Waals surface area contributed by atoms with Gasteiger partial charge in [-0.3, -0.25) is 9.78 Å². The van der Waals surface area contributed by atoms with Crippen molar-refractivity contribution >= 4 is 29.8 Å². The van der Waals surface area contributed by atoms with Crippen LogP contribution in [0.5, 0.6) is 0 Å². The third-order valence-electron chi connectivity index (χ3n) is 6.87. The average Bonchev–Trinajstić information content (AvgIpc) is 2.89. The number of hydrogen-bond donors (Lipinski definition) is 2. The third-order valence-corrected chi connectivity index (χ3v) is 6.87. The lowest BCUT2D eigenvalue weighted by Gasteiger charge is -2.31. The van der Waals surface area contributed by atoms with Gasteiger partial charge in [-0.25, -0.2) is 4.98 Å². The molecule has 1 atom stereocenters. The predicted octanol–water partition coefficient (Wildman–Crippen LogP) is 4.74. The summed E-state index contributed by atoms with van der Waals surface area (Å²) in [5, 5.41) is 6.57. The number of nitrogens with zero attached hydrogens (tertiary/aromatic N) is 3. The van der Waals surface area contributed by atoms with Gasteiger partial charge >= 0.3 is 0 Å². The van der Waals surface area contributed by atoms with Crippen molar-refractivity contribution in [3.05, 3.63) is 77.2 Å². The van der Waals surface area contributed by atoms with Crippen molar-refractivity contribution in [1.82, 2.24) is 20.2 Å². The molecule has 0 bridgehead atoms. The van der Waals surface area contributed by atoms with Crippen molar-refractivity contribution < 1.29 is 9.59 Å². The molecule has 1 amide bonds. The zero-order chi connectivity index (χ0) is 24.4. The zero-order valence-electron chi connectivity index (χ0n) is 20.0. The van der Waals surface area contributed by atoms with E-state index in [-0.39, 0.29) is 5.91 Å². The Kier molecular flexibility index (Phi) is 6.31. The first kappa shape index (κ1) is 22.8. The number of fused-ring (bicyclic) bond motifs is 1. The minimum absolute atomic E-state index is 0.153. The summed E-state index contributed by atoms with van der Waals surface area (Å²) in [5.74, 6) is 1.26. The van der Waals surface area contributed by atoms with Gasteiger partial charge in [-0.15, -0.1) is 0 Å². The standard InChI is InChI=1S/C28H29N5O2/c1-18-3-4-23(16-30-18)25-15-22-9-12-29-26(17-34)27(22)28(32-25)31-24-7-5-20(6-8-24)21-10-13-33(14-11-21)19(2)35/h3-9,12,15-17,21,26,29H,10-11,13-14H2,1-2H3,(H,31,32). The maximum Gasteiger partial charge on any atom is 0.219 e. The summed E-state index contributed by atoms with van der Waals surface area (Å²) >= 11 is 0. The van der Waals surface area contributed by atoms with Gasteiger partial charge in [0.25, 0.3) is 0 Å². The molecule has 7 heteroatoms. The smallest absolute Gasteiger partial charge is 0.219 e. The van der Waals surface area contributed by atoms with Crippen LogP contribution in [0.2, 0.25) is 0 Å². The molecule has 1 unspecified atom stereocenters. The van der Waals surface area contributed by atoms with E-state index in [0.29, 0.717) is 11.7 Å². The molecule has 178 valence electrons. The maximum atomic E-state index is 11.8. The van der Waals surface area contributed by atoms with E-state index in [2.05, 4.69) is 39.9 Å². The van der Waals surface area contributed by atoms with Crippen molar-refractivity contribution in [2.45, 2.75) is 38.6 Å². The molecular formula is C28H29N5O2. The number of hydrogen-bond acceptors (Lipinski definition) is 6. The van der Waals surface area contributed by atoms with Crippen molar-refractivity contribution in [3.63, 3.8) is 0 Å². The first-order valence-electron chi connectivity index (χ1n) is 12.0. The summed E-state index contributed by atoms with van der Waals surface area (Å²) in [5.41, 5.74) is 6.62. The van der Waals surface area contributed by atoms with Crippen molar-refractivity contribution in [1.29, 1.82) is 0 Å². The van der Waals surface area contributed by atoms with Crippen LogP contribution in [0.15, 0.2) is 54.9 Å². The zero-order valence-corrected chi connectivity index (χ0v) is 20.0. The van der Waals surface area contributed by atoms with Crippen LogP contribution in [0.4, 0.5) is 11.5 Å². The first-order chi connectivity index (χ1) is 17.0. The second-order valence-electron chi connectivity index (χ2n) is 9.19. The van der Waals surface area contributed by atoms with Crippen molar-refractivity contribution in [3.8, 4) is 11.3 Å². The lowest BCUT2D eigenvalue weighted by molar-refractivity contribution is -0.129. The van der Waals surface area contributed by atoms with E-state index in [1.807, 2.05) is 42.3 Å². The monoisotopic (exact) mass is 467 g/mol. The fraction of sp³-hybridized carbons (Fsp3) is 0.286. The Balaban J connectivity index is 1.42. The largest absolute Gasteiger partial charge is 0.378 e. The topological polar surface area (TPSA) is 87.2 Å². The Morgan fingerprint density at radius 1 is 1.14 bits per heavy atom. The SMILES string of the molecule is CC(=O)N1CCC(c2ccc(Nc3nc(-c4ccc(C)nc4)cc4c3C(C=O)NC=C4)cc2)CC1. The molecule has 35 heavy (non-hydrogen) atoms. The van der Waals surface area contributed by atoms with Crippen LogP contribution in [0, 0.1) is 6.92 Å². The first-order valence-corrected chi connectivity index (χ1v) is 12.0. The van der Waals surface area contributed by atoms with Gasteiger partial charge in [0.05, 0.1) is 5.69 Å². The highest BCUT2D eigenvalue weighted by Gasteiger charge is 2.24. The minimum Gasteiger partial charge on any atom is -0.378 e. The van der Waals surface area contributed by atoms with Crippen LogP contribution < -0.4 is 10.6 Å². The molecule has 7 nitrogen and oxygen atoms in total. The molecule has 1 saturated heterocycles. The van der Waals surface area contributed by atoms with Gasteiger partial charge in [0.2, 0.25) is 5.91 Å². The number of aldehydes is 1. The second-order valence-corrected chi connectivity index (χ2v) is 9.19. The molecule has 2 aliphatic rings. The summed E-state index contributed by atoms with van der Waals surface area (Å²) in [6.07, 6.45) is 8.44. The van der Waals surface area contributed by atoms with Gasteiger partial charge in [0.1, 0.15) is 18.1 Å². The van der Waals surface area contributed by atoms with E-state index in [1.54, 1.807) is 13.1 Å². The van der Waals surface area contributed by atoms with Gasteiger partial charge in [0.15, 0.2) is 0 Å². The molecule has 3 aromatic rings. The van der Waals surface area contributed by atoms with Crippen LogP contribution >= 0.6 is 0 Å². The van der Waals surface area contributed by atoms with E-state index < -0.39 is 6.04 Å². The Labute approximate surface area is 205 Å². The van der Waals surface area contributed by atoms with Gasteiger partial charge in [-0.2, -0.15) is 0 Å². The summed E-state index contributed by atoms with van der Waals surface area (Å²) < 4.78 is 0. The molecule has 0 spiro atoms. The van der Waals surface area contributed by atoms with E-state index in [0.717, 1.165) is 66.0 Å². The number of nitrogens with one attached hydrogen (secondary N) is 2. The number of likely N-dealkylation sites (tertiary alicyclic amines) is 1. The van der Waals surface area contributed by atoms with Gasteiger partial charge in [-0.05, 0) is 79.4 Å². The van der Waals surface area contributed by atoms with Crippen molar-refractivity contribution in [2.24, 2.45) is 0 Å². The van der Waals surface area contributed by atoms with Crippen LogP contribution in [0.25, 0.3) is 17.3 Å². The normalized spacial score (nSPS) is 17.4. The number of amides is 1. The molecule has 0 aliphatic carbocycles. The average molecular weight is 468 g/mol. The third kappa shape index (κ3) is 4.80. The molecule has 2 aliphatic heterocycles. The fourth-order valence-corrected chi connectivity index (χ4v) is 4.84. The predicted molar refractivity (Wildman–Crippen MR) is 137 cm³/mol. The van der Waals surface area contributed by atoms with E-state index in [1.165, 1.54) is 5.56 Å². The molecule has 1 fully saturated rings. The lowest BCUT2D eigenvalue weighted by Crippen LogP contribution is -2.36. The summed E-state index contributed by atoms with van der Waals surface area (Å²) in [6, 6.07) is 13.9. The number of carbonyl (C=O) groups is 2. The second kappa shape index (κ2) is 9.70. The number of aryl methyl sites for hydroxylation is 1. The molecular weight excluding hydrogens is 438 g/mol. The Hall–Kier alpha value is -4.00. The van der Waals surface area contributed by atoms with Gasteiger partial charge in [0, 0.05) is 48.7 Å². The van der Waals surface area contributed by atoms with Crippen LogP contribution in [0.3, 0.4) is 0 Å². The quantitative estimate of drug-likeness (QED) is 0.527. The summed E-state index contributed by atoms with van der Waals surface area (Å²) in [4.78, 5) is 34.7. The Morgan fingerprint density at radius 2 is 1.91 bits per heavy atom. The highest BCUT2D eigenvalue weighted by molar-refractivity contribution is 5.80. The molecule has 1 aromatic carbocycles. The number of benzene rings is 1. The van der Waals surface area contributed by atoms with Crippen LogP contribution in [0.1, 0.15) is 54.1 Å². The van der Waals surface area contributed by atoms with Crippen LogP contribution in [-0.2, 0) is 9.59 Å². The van der Waals surface area contributed by atoms with Crippen molar-refractivity contribution in [2.75, 3.05) is 18.4 Å². The minimum atomic E-state index is -0.471. The lowest BCUT2D eigenvalue weighted by atomic mass is 9.89. The van der Waals surface area contributed by atoms with E-state index >= 15 is 0 Å². The molecule has 2 N–H and O–H groups in total. The Morgan fingerprint density at radius 3 is 2.57 bits per heavy atom. The number of pyridine rings is 2. The van der Waals surface area contributed by atoms with E-state index in [9.17, 15) is 9.59 Å². The Bertz CT molecular complexity index is 1260. The maximum absolute atomic E-state index is 11.8. The molecule has 2 aromatic heterocycles. The number of rotatable bonds is 5. The van der Waals surface area contributed by atoms with E-state index in [4.69, 9.17) is 4.98 Å². The van der Waals surface area contributed by atoms with Crippen LogP contribution in [-0.4, -0.2) is 40.2 Å². The highest BCUT2D eigenvalue weighted by atomic mass is 16.2. The number of aromatic nitrogens is 2. The number of piperidine rings is 1. The van der Waals surface area contributed by atoms with Gasteiger partial charge in [-0.1, -0.05) is 12.1 Å². The summed E-state index contributed by atoms with van der Waals surface area (Å²) in [6.45, 7) is 5.21. The van der Waals surface area contributed by atoms with Gasteiger partial charge < -0.3 is 20.3 Å². The molecule has 0 radical (unpaired) electrons. The highest BCUT2D eigenvalue weighted by Crippen LogP contribution is 2.35. The fourth-order valence-electron chi connectivity index (χ4n) is 4.84. The number of anilines is 2. The molecule has 5 rings (SSSR count).